The van der Waals surface area contributed by atoms with Gasteiger partial charge < -0.3 is 4.90 Å². The van der Waals surface area contributed by atoms with Crippen molar-refractivity contribution in [1.29, 1.82) is 5.26 Å². The van der Waals surface area contributed by atoms with Crippen LogP contribution in [0.15, 0.2) is 0 Å². The highest BCUT2D eigenvalue weighted by Crippen LogP contribution is 2.29. The highest BCUT2D eigenvalue weighted by Gasteiger charge is 2.26. The first kappa shape index (κ1) is 8.55. The van der Waals surface area contributed by atoms with E-state index < -0.39 is 0 Å². The molecule has 11 heavy (non-hydrogen) atoms. The Balaban J connectivity index is 2.54. The van der Waals surface area contributed by atoms with E-state index in [1.807, 2.05) is 0 Å². The lowest BCUT2D eigenvalue weighted by Crippen LogP contribution is -2.20. The van der Waals surface area contributed by atoms with Crippen molar-refractivity contribution in [1.82, 2.24) is 4.90 Å². The van der Waals surface area contributed by atoms with Gasteiger partial charge in [-0.1, -0.05) is 0 Å². The van der Waals surface area contributed by atoms with Crippen LogP contribution in [0.2, 0.25) is 0 Å². The predicted octanol–water partition coefficient (Wildman–Crippen LogP) is 1.63. The Morgan fingerprint density at radius 2 is 2.09 bits per heavy atom. The van der Waals surface area contributed by atoms with Gasteiger partial charge in [-0.15, -0.1) is 0 Å². The normalized spacial score (nSPS) is 34.3. The van der Waals surface area contributed by atoms with E-state index in [9.17, 15) is 0 Å². The average molecular weight is 152 g/mol. The molecule has 0 aliphatic carbocycles. The van der Waals surface area contributed by atoms with Gasteiger partial charge in [-0.2, -0.15) is 5.26 Å². The SMILES string of the molecule is CN1CCCC(C)(C#N)CC1. The minimum absolute atomic E-state index is 0.0508. The Labute approximate surface area is 68.8 Å². The molecule has 0 N–H and O–H groups in total. The number of hydrogen-bond donors (Lipinski definition) is 0. The highest BCUT2D eigenvalue weighted by atomic mass is 15.1. The van der Waals surface area contributed by atoms with Gasteiger partial charge >= 0.3 is 0 Å². The monoisotopic (exact) mass is 152 g/mol. The zero-order valence-corrected chi connectivity index (χ0v) is 7.43. The van der Waals surface area contributed by atoms with Gasteiger partial charge in [0.15, 0.2) is 0 Å². The number of rotatable bonds is 0. The fourth-order valence-corrected chi connectivity index (χ4v) is 1.53. The van der Waals surface area contributed by atoms with Gasteiger partial charge in [0.1, 0.15) is 0 Å². The van der Waals surface area contributed by atoms with Gasteiger partial charge in [-0.05, 0) is 46.3 Å². The minimum Gasteiger partial charge on any atom is -0.306 e. The molecule has 0 spiro atoms. The predicted molar refractivity (Wildman–Crippen MR) is 45.1 cm³/mol. The first-order chi connectivity index (χ1) is 5.16. The second-order valence-electron chi connectivity index (χ2n) is 3.83. The molecular formula is C9H16N2. The second kappa shape index (κ2) is 3.23. The molecule has 0 aromatic carbocycles. The van der Waals surface area contributed by atoms with E-state index in [2.05, 4.69) is 24.9 Å². The van der Waals surface area contributed by atoms with Crippen LogP contribution in [0.3, 0.4) is 0 Å². The topological polar surface area (TPSA) is 27.0 Å². The molecule has 1 saturated heterocycles. The quantitative estimate of drug-likeness (QED) is 0.527. The van der Waals surface area contributed by atoms with Crippen molar-refractivity contribution in [3.63, 3.8) is 0 Å². The molecule has 0 aromatic heterocycles. The van der Waals surface area contributed by atoms with E-state index in [1.54, 1.807) is 0 Å². The smallest absolute Gasteiger partial charge is 0.0687 e. The summed E-state index contributed by atoms with van der Waals surface area (Å²) in [5.74, 6) is 0. The van der Waals surface area contributed by atoms with Gasteiger partial charge in [0.05, 0.1) is 11.5 Å². The summed E-state index contributed by atoms with van der Waals surface area (Å²) in [5.41, 5.74) is -0.0508. The van der Waals surface area contributed by atoms with Crippen LogP contribution < -0.4 is 0 Å². The third kappa shape index (κ3) is 2.20. The van der Waals surface area contributed by atoms with Crippen LogP contribution >= 0.6 is 0 Å². The van der Waals surface area contributed by atoms with Crippen LogP contribution in [0.5, 0.6) is 0 Å². The van der Waals surface area contributed by atoms with Crippen LogP contribution in [0, 0.1) is 16.7 Å². The Hall–Kier alpha value is -0.550. The Kier molecular flexibility index (Phi) is 2.51. The molecule has 62 valence electrons. The number of nitriles is 1. The molecule has 0 aromatic rings. The lowest BCUT2D eigenvalue weighted by Gasteiger charge is -2.18. The van der Waals surface area contributed by atoms with Gasteiger partial charge in [0.2, 0.25) is 0 Å². The van der Waals surface area contributed by atoms with Crippen molar-refractivity contribution in [2.45, 2.75) is 26.2 Å². The largest absolute Gasteiger partial charge is 0.306 e. The van der Waals surface area contributed by atoms with Crippen molar-refractivity contribution in [2.75, 3.05) is 20.1 Å². The fourth-order valence-electron chi connectivity index (χ4n) is 1.53. The summed E-state index contributed by atoms with van der Waals surface area (Å²) in [6, 6.07) is 2.41. The third-order valence-electron chi connectivity index (χ3n) is 2.58. The Morgan fingerprint density at radius 1 is 1.36 bits per heavy atom. The maximum Gasteiger partial charge on any atom is 0.0687 e. The lowest BCUT2D eigenvalue weighted by molar-refractivity contribution is 0.328. The van der Waals surface area contributed by atoms with E-state index >= 15 is 0 Å². The molecule has 1 aliphatic rings. The van der Waals surface area contributed by atoms with E-state index in [4.69, 9.17) is 5.26 Å². The van der Waals surface area contributed by atoms with Crippen molar-refractivity contribution in [3.8, 4) is 6.07 Å². The van der Waals surface area contributed by atoms with Gasteiger partial charge in [-0.25, -0.2) is 0 Å². The van der Waals surface area contributed by atoms with Crippen molar-refractivity contribution in [2.24, 2.45) is 5.41 Å². The summed E-state index contributed by atoms with van der Waals surface area (Å²) >= 11 is 0. The van der Waals surface area contributed by atoms with Gasteiger partial charge in [0, 0.05) is 0 Å². The van der Waals surface area contributed by atoms with Crippen LogP contribution in [0.4, 0.5) is 0 Å². The van der Waals surface area contributed by atoms with E-state index in [0.29, 0.717) is 0 Å². The molecular weight excluding hydrogens is 136 g/mol. The molecule has 1 fully saturated rings. The molecule has 1 rings (SSSR count). The number of hydrogen-bond acceptors (Lipinski definition) is 2. The maximum atomic E-state index is 8.89. The molecule has 0 saturated carbocycles. The van der Waals surface area contributed by atoms with E-state index in [0.717, 1.165) is 25.9 Å². The first-order valence-corrected chi connectivity index (χ1v) is 4.26. The number of likely N-dealkylation sites (tertiary alicyclic amines) is 1. The van der Waals surface area contributed by atoms with Crippen molar-refractivity contribution < 1.29 is 0 Å². The standard InChI is InChI=1S/C9H16N2/c1-9(8-10)4-3-6-11(2)7-5-9/h3-7H2,1-2H3. The lowest BCUT2D eigenvalue weighted by atomic mass is 9.85. The molecule has 0 amide bonds. The second-order valence-corrected chi connectivity index (χ2v) is 3.83. The zero-order chi connectivity index (χ0) is 8.32. The van der Waals surface area contributed by atoms with Crippen LogP contribution in [-0.4, -0.2) is 25.0 Å². The fraction of sp³-hybridized carbons (Fsp3) is 0.889. The first-order valence-electron chi connectivity index (χ1n) is 4.26. The number of nitrogens with zero attached hydrogens (tertiary/aromatic N) is 2. The summed E-state index contributed by atoms with van der Waals surface area (Å²) in [6.45, 7) is 4.30. The van der Waals surface area contributed by atoms with E-state index in [1.165, 1.54) is 6.42 Å². The third-order valence-corrected chi connectivity index (χ3v) is 2.58. The molecule has 1 unspecified atom stereocenters. The zero-order valence-electron chi connectivity index (χ0n) is 7.43. The van der Waals surface area contributed by atoms with Crippen molar-refractivity contribution in [3.05, 3.63) is 0 Å². The maximum absolute atomic E-state index is 8.89. The molecule has 0 radical (unpaired) electrons. The summed E-state index contributed by atoms with van der Waals surface area (Å²) in [5, 5.41) is 8.89. The van der Waals surface area contributed by atoms with Crippen LogP contribution in [-0.2, 0) is 0 Å². The molecule has 1 atom stereocenters. The van der Waals surface area contributed by atoms with Crippen molar-refractivity contribution >= 4 is 0 Å². The molecule has 0 bridgehead atoms. The Bertz CT molecular complexity index is 171. The van der Waals surface area contributed by atoms with Crippen LogP contribution in [0.1, 0.15) is 26.2 Å². The van der Waals surface area contributed by atoms with E-state index in [-0.39, 0.29) is 5.41 Å². The Morgan fingerprint density at radius 3 is 2.73 bits per heavy atom. The van der Waals surface area contributed by atoms with Gasteiger partial charge in [0.25, 0.3) is 0 Å². The van der Waals surface area contributed by atoms with Crippen LogP contribution in [0.25, 0.3) is 0 Å². The summed E-state index contributed by atoms with van der Waals surface area (Å²) in [6.07, 6.45) is 3.26. The average Bonchev–Trinajstić information content (AvgIpc) is 2.15. The molecule has 2 nitrogen and oxygen atoms in total. The molecule has 1 heterocycles. The summed E-state index contributed by atoms with van der Waals surface area (Å²) < 4.78 is 0. The molecule has 2 heteroatoms. The summed E-state index contributed by atoms with van der Waals surface area (Å²) in [4.78, 5) is 2.31. The molecule has 1 aliphatic heterocycles. The van der Waals surface area contributed by atoms with Gasteiger partial charge in [-0.3, -0.25) is 0 Å². The highest BCUT2D eigenvalue weighted by molar-refractivity contribution is 4.96. The summed E-state index contributed by atoms with van der Waals surface area (Å²) in [7, 11) is 2.13. The minimum atomic E-state index is -0.0508.